The highest BCUT2D eigenvalue weighted by Gasteiger charge is 2.44. The van der Waals surface area contributed by atoms with Crippen molar-refractivity contribution in [2.24, 2.45) is 5.92 Å². The zero-order valence-corrected chi connectivity index (χ0v) is 10.1. The first-order valence-electron chi connectivity index (χ1n) is 5.66. The van der Waals surface area contributed by atoms with Crippen LogP contribution < -0.4 is 10.1 Å². The van der Waals surface area contributed by atoms with Crippen LogP contribution in [0.3, 0.4) is 0 Å². The number of benzene rings is 1. The van der Waals surface area contributed by atoms with Gasteiger partial charge in [0.15, 0.2) is 0 Å². The van der Waals surface area contributed by atoms with Gasteiger partial charge in [-0.2, -0.15) is 0 Å². The first kappa shape index (κ1) is 11.9. The maximum absolute atomic E-state index is 11.3. The smallest absolute Gasteiger partial charge is 0.308 e. The van der Waals surface area contributed by atoms with Gasteiger partial charge in [-0.3, -0.25) is 4.79 Å². The molecule has 0 saturated carbocycles. The lowest BCUT2D eigenvalue weighted by Crippen LogP contribution is -2.36. The minimum atomic E-state index is -0.750. The molecule has 1 saturated heterocycles. The summed E-state index contributed by atoms with van der Waals surface area (Å²) in [6.07, 6.45) is 0. The number of carboxylic acids is 1. The maximum atomic E-state index is 11.3. The lowest BCUT2D eigenvalue weighted by atomic mass is 9.74. The number of hydrogen-bond donors (Lipinski definition) is 2. The Morgan fingerprint density at radius 2 is 2.35 bits per heavy atom. The van der Waals surface area contributed by atoms with E-state index in [9.17, 15) is 9.90 Å². The summed E-state index contributed by atoms with van der Waals surface area (Å²) in [7, 11) is 1.61. The van der Waals surface area contributed by atoms with Crippen molar-refractivity contribution in [2.75, 3.05) is 20.2 Å². The molecule has 0 spiro atoms. The highest BCUT2D eigenvalue weighted by molar-refractivity contribution is 5.73. The Morgan fingerprint density at radius 3 is 3.00 bits per heavy atom. The number of rotatable bonds is 3. The van der Waals surface area contributed by atoms with Gasteiger partial charge in [-0.15, -0.1) is 0 Å². The van der Waals surface area contributed by atoms with E-state index in [1.807, 2.05) is 31.2 Å². The van der Waals surface area contributed by atoms with Crippen LogP contribution in [-0.2, 0) is 10.2 Å². The summed E-state index contributed by atoms with van der Waals surface area (Å²) in [5, 5.41) is 12.4. The van der Waals surface area contributed by atoms with Crippen LogP contribution in [0.1, 0.15) is 12.5 Å². The van der Waals surface area contributed by atoms with E-state index in [1.54, 1.807) is 7.11 Å². The molecule has 1 aromatic carbocycles. The van der Waals surface area contributed by atoms with Crippen molar-refractivity contribution in [3.63, 3.8) is 0 Å². The van der Waals surface area contributed by atoms with Crippen LogP contribution in [0.25, 0.3) is 0 Å². The second-order valence-electron chi connectivity index (χ2n) is 4.67. The molecule has 1 aliphatic heterocycles. The fourth-order valence-electron chi connectivity index (χ4n) is 2.47. The molecule has 1 aromatic rings. The summed E-state index contributed by atoms with van der Waals surface area (Å²) in [5.41, 5.74) is 0.634. The second-order valence-corrected chi connectivity index (χ2v) is 4.67. The monoisotopic (exact) mass is 235 g/mol. The molecule has 92 valence electrons. The molecule has 2 unspecified atom stereocenters. The van der Waals surface area contributed by atoms with Crippen molar-refractivity contribution in [2.45, 2.75) is 12.3 Å². The first-order valence-corrected chi connectivity index (χ1v) is 5.66. The predicted octanol–water partition coefficient (Wildman–Crippen LogP) is 1.26. The number of carbonyl (C=O) groups is 1. The van der Waals surface area contributed by atoms with E-state index in [2.05, 4.69) is 5.32 Å². The molecule has 0 radical (unpaired) electrons. The summed E-state index contributed by atoms with van der Waals surface area (Å²) in [4.78, 5) is 11.3. The number of nitrogens with one attached hydrogen (secondary N) is 1. The molecule has 4 nitrogen and oxygen atoms in total. The molecule has 2 atom stereocenters. The standard InChI is InChI=1S/C13H17NO3/c1-13(8-14-7-11(13)12(15)16)9-4-3-5-10(6-9)17-2/h3-6,11,14H,7-8H2,1-2H3,(H,15,16). The molecular formula is C13H17NO3. The van der Waals surface area contributed by atoms with E-state index in [0.717, 1.165) is 11.3 Å². The summed E-state index contributed by atoms with van der Waals surface area (Å²) in [5.74, 6) is -0.380. The maximum Gasteiger partial charge on any atom is 0.308 e. The largest absolute Gasteiger partial charge is 0.497 e. The number of ether oxygens (including phenoxy) is 1. The number of methoxy groups -OCH3 is 1. The zero-order chi connectivity index (χ0) is 12.5. The Labute approximate surface area is 101 Å². The molecule has 2 rings (SSSR count). The Hall–Kier alpha value is -1.55. The van der Waals surface area contributed by atoms with Gasteiger partial charge in [0.05, 0.1) is 13.0 Å². The van der Waals surface area contributed by atoms with Crippen molar-refractivity contribution in [1.29, 1.82) is 0 Å². The fourth-order valence-corrected chi connectivity index (χ4v) is 2.47. The van der Waals surface area contributed by atoms with Crippen molar-refractivity contribution < 1.29 is 14.6 Å². The summed E-state index contributed by atoms with van der Waals surface area (Å²) >= 11 is 0. The highest BCUT2D eigenvalue weighted by Crippen LogP contribution is 2.36. The lowest BCUT2D eigenvalue weighted by Gasteiger charge is -2.28. The molecule has 0 aliphatic carbocycles. The lowest BCUT2D eigenvalue weighted by molar-refractivity contribution is -0.142. The minimum absolute atomic E-state index is 0.375. The molecule has 4 heteroatoms. The number of carboxylic acid groups (broad SMARTS) is 1. The van der Waals surface area contributed by atoms with Gasteiger partial charge >= 0.3 is 5.97 Å². The van der Waals surface area contributed by atoms with Crippen LogP contribution in [0.5, 0.6) is 5.75 Å². The zero-order valence-electron chi connectivity index (χ0n) is 10.1. The van der Waals surface area contributed by atoms with Crippen LogP contribution in [0.2, 0.25) is 0 Å². The van der Waals surface area contributed by atoms with E-state index in [4.69, 9.17) is 4.74 Å². The molecule has 17 heavy (non-hydrogen) atoms. The third-order valence-electron chi connectivity index (χ3n) is 3.64. The third-order valence-corrected chi connectivity index (χ3v) is 3.64. The van der Waals surface area contributed by atoms with E-state index >= 15 is 0 Å². The normalized spacial score (nSPS) is 28.0. The Balaban J connectivity index is 2.39. The average Bonchev–Trinajstić information content (AvgIpc) is 2.73. The van der Waals surface area contributed by atoms with Gasteiger partial charge in [0.2, 0.25) is 0 Å². The van der Waals surface area contributed by atoms with Crippen LogP contribution >= 0.6 is 0 Å². The van der Waals surface area contributed by atoms with Crippen LogP contribution in [0, 0.1) is 5.92 Å². The molecule has 0 amide bonds. The van der Waals surface area contributed by atoms with Gasteiger partial charge in [-0.1, -0.05) is 19.1 Å². The van der Waals surface area contributed by atoms with E-state index in [1.165, 1.54) is 0 Å². The van der Waals surface area contributed by atoms with E-state index in [0.29, 0.717) is 13.1 Å². The van der Waals surface area contributed by atoms with Crippen LogP contribution in [-0.4, -0.2) is 31.3 Å². The van der Waals surface area contributed by atoms with Crippen LogP contribution in [0.4, 0.5) is 0 Å². The van der Waals surface area contributed by atoms with Gasteiger partial charge in [-0.25, -0.2) is 0 Å². The van der Waals surface area contributed by atoms with E-state index < -0.39 is 11.9 Å². The third kappa shape index (κ3) is 2.00. The van der Waals surface area contributed by atoms with Gasteiger partial charge in [0.25, 0.3) is 0 Å². The Bertz CT molecular complexity index is 432. The molecule has 2 N–H and O–H groups in total. The summed E-state index contributed by atoms with van der Waals surface area (Å²) < 4.78 is 5.19. The Morgan fingerprint density at radius 1 is 1.59 bits per heavy atom. The molecule has 1 aliphatic rings. The highest BCUT2D eigenvalue weighted by atomic mass is 16.5. The number of aliphatic carboxylic acids is 1. The summed E-state index contributed by atoms with van der Waals surface area (Å²) in [6, 6.07) is 7.65. The minimum Gasteiger partial charge on any atom is -0.497 e. The first-order chi connectivity index (χ1) is 8.08. The Kier molecular flexibility index (Phi) is 3.07. The topological polar surface area (TPSA) is 58.6 Å². The molecule has 1 heterocycles. The van der Waals surface area contributed by atoms with Gasteiger partial charge in [0, 0.05) is 18.5 Å². The van der Waals surface area contributed by atoms with Crippen LogP contribution in [0.15, 0.2) is 24.3 Å². The van der Waals surface area contributed by atoms with Gasteiger partial charge in [-0.05, 0) is 17.7 Å². The predicted molar refractivity (Wildman–Crippen MR) is 64.3 cm³/mol. The summed E-state index contributed by atoms with van der Waals surface area (Å²) in [6.45, 7) is 3.18. The number of hydrogen-bond acceptors (Lipinski definition) is 3. The SMILES string of the molecule is COc1cccc(C2(C)CNCC2C(=O)O)c1. The molecule has 0 aromatic heterocycles. The van der Waals surface area contributed by atoms with Crippen molar-refractivity contribution in [1.82, 2.24) is 5.32 Å². The van der Waals surface area contributed by atoms with Crippen molar-refractivity contribution in [3.8, 4) is 5.75 Å². The fraction of sp³-hybridized carbons (Fsp3) is 0.462. The van der Waals surface area contributed by atoms with Crippen molar-refractivity contribution >= 4 is 5.97 Å². The average molecular weight is 235 g/mol. The second kappa shape index (κ2) is 4.37. The molecule has 0 bridgehead atoms. The molecular weight excluding hydrogens is 218 g/mol. The van der Waals surface area contributed by atoms with Gasteiger partial charge < -0.3 is 15.2 Å². The van der Waals surface area contributed by atoms with E-state index in [-0.39, 0.29) is 5.41 Å². The molecule has 1 fully saturated rings. The quantitative estimate of drug-likeness (QED) is 0.828. The van der Waals surface area contributed by atoms with Crippen molar-refractivity contribution in [3.05, 3.63) is 29.8 Å². The van der Waals surface area contributed by atoms with Gasteiger partial charge in [0.1, 0.15) is 5.75 Å².